The van der Waals surface area contributed by atoms with Gasteiger partial charge in [-0.2, -0.15) is 0 Å². The van der Waals surface area contributed by atoms with Crippen LogP contribution in [0.4, 0.5) is 9.18 Å². The number of nitrogens with one attached hydrogen (secondary N) is 1. The molecule has 0 saturated carbocycles. The lowest BCUT2D eigenvalue weighted by Gasteiger charge is -2.37. The number of piperidine rings is 1. The van der Waals surface area contributed by atoms with Crippen LogP contribution < -0.4 is 5.32 Å². The summed E-state index contributed by atoms with van der Waals surface area (Å²) in [6.07, 6.45) is 1.91. The summed E-state index contributed by atoms with van der Waals surface area (Å²) in [5, 5.41) is 13.6. The number of hydrogen-bond acceptors (Lipinski definition) is 4. The molecule has 1 saturated heterocycles. The van der Waals surface area contributed by atoms with Crippen molar-refractivity contribution in [1.29, 1.82) is 0 Å². The molecule has 1 aliphatic heterocycles. The van der Waals surface area contributed by atoms with E-state index in [0.717, 1.165) is 25.8 Å². The quantitative estimate of drug-likeness (QED) is 0.826. The van der Waals surface area contributed by atoms with E-state index in [2.05, 4.69) is 19.2 Å². The van der Waals surface area contributed by atoms with Crippen molar-refractivity contribution in [3.8, 4) is 0 Å². The van der Waals surface area contributed by atoms with Gasteiger partial charge in [0.15, 0.2) is 0 Å². The smallest absolute Gasteiger partial charge is 0.409 e. The number of aliphatic hydroxyl groups is 1. The van der Waals surface area contributed by atoms with E-state index in [-0.39, 0.29) is 17.4 Å². The van der Waals surface area contributed by atoms with Gasteiger partial charge >= 0.3 is 6.09 Å². The molecule has 0 bridgehead atoms. The molecule has 0 radical (unpaired) electrons. The molecule has 0 aromatic heterocycles. The highest BCUT2D eigenvalue weighted by Crippen LogP contribution is 2.26. The Hall–Kier alpha value is -1.66. The van der Waals surface area contributed by atoms with Gasteiger partial charge in [-0.1, -0.05) is 12.1 Å². The Morgan fingerprint density at radius 1 is 1.52 bits per heavy atom. The second-order valence-corrected chi connectivity index (χ2v) is 7.46. The van der Waals surface area contributed by atoms with Gasteiger partial charge in [0.1, 0.15) is 5.82 Å². The molecule has 1 aliphatic rings. The van der Waals surface area contributed by atoms with E-state index >= 15 is 0 Å². The fourth-order valence-electron chi connectivity index (χ4n) is 3.53. The van der Waals surface area contributed by atoms with E-state index in [9.17, 15) is 14.3 Å². The Morgan fingerprint density at radius 2 is 2.28 bits per heavy atom. The third-order valence-electron chi connectivity index (χ3n) is 4.76. The first-order valence-electron chi connectivity index (χ1n) is 8.82. The number of benzene rings is 1. The number of carbonyl (C=O) groups is 1. The fourth-order valence-corrected chi connectivity index (χ4v) is 3.53. The number of carbonyl (C=O) groups excluding carboxylic acids is 1. The average Bonchev–Trinajstić information content (AvgIpc) is 2.59. The first-order valence-corrected chi connectivity index (χ1v) is 8.82. The number of hydrogen-bond donors (Lipinski definition) is 2. The van der Waals surface area contributed by atoms with Crippen molar-refractivity contribution in [2.75, 3.05) is 26.7 Å². The molecule has 1 heterocycles. The molecule has 1 amide bonds. The monoisotopic (exact) mass is 352 g/mol. The number of halogens is 1. The summed E-state index contributed by atoms with van der Waals surface area (Å²) in [5.74, 6) is 0.0441. The zero-order valence-corrected chi connectivity index (χ0v) is 15.3. The zero-order chi connectivity index (χ0) is 18.4. The molecule has 1 aromatic rings. The normalized spacial score (nSPS) is 19.6. The average molecular weight is 352 g/mol. The van der Waals surface area contributed by atoms with Gasteiger partial charge in [-0.05, 0) is 56.7 Å². The molecular formula is C19H29FN2O3. The van der Waals surface area contributed by atoms with Crippen molar-refractivity contribution in [3.63, 3.8) is 0 Å². The molecule has 2 atom stereocenters. The van der Waals surface area contributed by atoms with Crippen LogP contribution in [-0.2, 0) is 4.74 Å². The Labute approximate surface area is 149 Å². The van der Waals surface area contributed by atoms with Crippen LogP contribution in [0.2, 0.25) is 0 Å². The largest absolute Gasteiger partial charge is 0.453 e. The Kier molecular flexibility index (Phi) is 6.79. The molecule has 1 fully saturated rings. The van der Waals surface area contributed by atoms with Crippen LogP contribution in [0.1, 0.15) is 44.8 Å². The van der Waals surface area contributed by atoms with E-state index in [0.29, 0.717) is 24.6 Å². The topological polar surface area (TPSA) is 61.8 Å². The molecule has 2 N–H and O–H groups in total. The number of methoxy groups -OCH3 is 1. The van der Waals surface area contributed by atoms with Crippen molar-refractivity contribution in [2.45, 2.75) is 44.8 Å². The number of β-amino-alcohol motifs (C(OH)–C–C–N with tert-alkyl or cyclic N) is 1. The van der Waals surface area contributed by atoms with Gasteiger partial charge in [-0.3, -0.25) is 0 Å². The molecule has 25 heavy (non-hydrogen) atoms. The van der Waals surface area contributed by atoms with Crippen LogP contribution in [0.25, 0.3) is 0 Å². The van der Waals surface area contributed by atoms with Crippen molar-refractivity contribution >= 4 is 6.09 Å². The van der Waals surface area contributed by atoms with Crippen molar-refractivity contribution < 1.29 is 19.0 Å². The summed E-state index contributed by atoms with van der Waals surface area (Å²) in [7, 11) is 1.41. The number of nitrogens with zero attached hydrogens (tertiary/aromatic N) is 1. The zero-order valence-electron chi connectivity index (χ0n) is 15.3. The molecule has 0 spiro atoms. The lowest BCUT2D eigenvalue weighted by molar-refractivity contribution is 0.0927. The highest BCUT2D eigenvalue weighted by molar-refractivity contribution is 5.67. The summed E-state index contributed by atoms with van der Waals surface area (Å²) in [6, 6.07) is 6.04. The van der Waals surface area contributed by atoms with E-state index in [4.69, 9.17) is 4.74 Å². The van der Waals surface area contributed by atoms with Crippen LogP contribution in [-0.4, -0.2) is 48.4 Å². The Bertz CT molecular complexity index is 580. The second kappa shape index (κ2) is 8.63. The molecule has 140 valence electrons. The van der Waals surface area contributed by atoms with Gasteiger partial charge in [0.2, 0.25) is 0 Å². The number of ether oxygens (including phenoxy) is 1. The lowest BCUT2D eigenvalue weighted by atomic mass is 9.85. The molecule has 6 heteroatoms. The van der Waals surface area contributed by atoms with Gasteiger partial charge in [-0.15, -0.1) is 0 Å². The number of rotatable bonds is 6. The molecule has 1 aromatic carbocycles. The molecular weight excluding hydrogens is 323 g/mol. The predicted octanol–water partition coefficient (Wildman–Crippen LogP) is 3.10. The number of likely N-dealkylation sites (tertiary alicyclic amines) is 1. The fraction of sp³-hybridized carbons (Fsp3) is 0.632. The van der Waals surface area contributed by atoms with Gasteiger partial charge < -0.3 is 20.1 Å². The first kappa shape index (κ1) is 19.7. The Morgan fingerprint density at radius 3 is 2.96 bits per heavy atom. The summed E-state index contributed by atoms with van der Waals surface area (Å²) < 4.78 is 18.1. The van der Waals surface area contributed by atoms with Crippen molar-refractivity contribution in [1.82, 2.24) is 10.2 Å². The van der Waals surface area contributed by atoms with Crippen LogP contribution in [0.3, 0.4) is 0 Å². The van der Waals surface area contributed by atoms with E-state index < -0.39 is 6.10 Å². The minimum atomic E-state index is -0.757. The van der Waals surface area contributed by atoms with Gasteiger partial charge in [0.25, 0.3) is 0 Å². The third-order valence-corrected chi connectivity index (χ3v) is 4.76. The summed E-state index contributed by atoms with van der Waals surface area (Å²) in [6.45, 7) is 5.97. The number of aliphatic hydroxyl groups excluding tert-OH is 1. The predicted molar refractivity (Wildman–Crippen MR) is 94.8 cm³/mol. The van der Waals surface area contributed by atoms with E-state index in [1.54, 1.807) is 17.0 Å². The first-order chi connectivity index (χ1) is 11.8. The lowest BCUT2D eigenvalue weighted by Crippen LogP contribution is -2.47. The second-order valence-electron chi connectivity index (χ2n) is 7.46. The standard InChI is InChI=1S/C19H29FN2O3/c1-19(2,11-14-6-5-9-22(13-14)18(24)25-3)21-12-17(23)15-7-4-8-16(20)10-15/h4,7-8,10,14,17,21,23H,5-6,9,11-13H2,1-3H3/t14-,17-/m0/s1. The maximum absolute atomic E-state index is 13.3. The van der Waals surface area contributed by atoms with Gasteiger partial charge in [0, 0.05) is 25.2 Å². The van der Waals surface area contributed by atoms with Crippen LogP contribution in [0.5, 0.6) is 0 Å². The molecule has 5 nitrogen and oxygen atoms in total. The minimum absolute atomic E-state index is 0.196. The summed E-state index contributed by atoms with van der Waals surface area (Å²) in [4.78, 5) is 13.5. The highest BCUT2D eigenvalue weighted by Gasteiger charge is 2.29. The maximum atomic E-state index is 13.3. The van der Waals surface area contributed by atoms with Crippen LogP contribution >= 0.6 is 0 Å². The summed E-state index contributed by atoms with van der Waals surface area (Å²) >= 11 is 0. The minimum Gasteiger partial charge on any atom is -0.453 e. The van der Waals surface area contributed by atoms with Crippen LogP contribution in [0, 0.1) is 11.7 Å². The maximum Gasteiger partial charge on any atom is 0.409 e. The van der Waals surface area contributed by atoms with Gasteiger partial charge in [-0.25, -0.2) is 9.18 Å². The number of amides is 1. The SMILES string of the molecule is COC(=O)N1CCC[C@@H](CC(C)(C)NC[C@H](O)c2cccc(F)c2)C1. The van der Waals surface area contributed by atoms with E-state index in [1.807, 2.05) is 0 Å². The Balaban J connectivity index is 1.85. The molecule has 0 unspecified atom stereocenters. The molecule has 0 aliphatic carbocycles. The summed E-state index contributed by atoms with van der Waals surface area (Å²) in [5.41, 5.74) is 0.371. The van der Waals surface area contributed by atoms with E-state index in [1.165, 1.54) is 19.2 Å². The third kappa shape index (κ3) is 5.97. The van der Waals surface area contributed by atoms with Crippen LogP contribution in [0.15, 0.2) is 24.3 Å². The van der Waals surface area contributed by atoms with Gasteiger partial charge in [0.05, 0.1) is 13.2 Å². The van der Waals surface area contributed by atoms with Crippen molar-refractivity contribution in [2.24, 2.45) is 5.92 Å². The van der Waals surface area contributed by atoms with Crippen molar-refractivity contribution in [3.05, 3.63) is 35.6 Å². The highest BCUT2D eigenvalue weighted by atomic mass is 19.1. The molecule has 2 rings (SSSR count).